The molecule has 4 aromatic rings. The molecule has 9 heteroatoms. The van der Waals surface area contributed by atoms with Gasteiger partial charge in [0, 0.05) is 44.5 Å². The molecule has 0 unspecified atom stereocenters. The summed E-state index contributed by atoms with van der Waals surface area (Å²) in [5, 5.41) is 3.79. The molecule has 1 aliphatic carbocycles. The molecule has 0 atom stereocenters. The fourth-order valence-corrected chi connectivity index (χ4v) is 4.73. The lowest BCUT2D eigenvalue weighted by molar-refractivity contribution is 0.0992. The number of nitrogens with one attached hydrogen (secondary N) is 2. The summed E-state index contributed by atoms with van der Waals surface area (Å²) >= 11 is 0. The highest BCUT2D eigenvalue weighted by atomic mass is 19.1. The lowest BCUT2D eigenvalue weighted by atomic mass is 10.1. The summed E-state index contributed by atoms with van der Waals surface area (Å²) in [4.78, 5) is 28.8. The third-order valence-corrected chi connectivity index (χ3v) is 6.65. The van der Waals surface area contributed by atoms with E-state index in [1.807, 2.05) is 24.3 Å². The molecule has 35 heavy (non-hydrogen) atoms. The second-order valence-electron chi connectivity index (χ2n) is 8.99. The van der Waals surface area contributed by atoms with Gasteiger partial charge in [0.2, 0.25) is 11.8 Å². The summed E-state index contributed by atoms with van der Waals surface area (Å²) in [6.45, 7) is 3.39. The van der Waals surface area contributed by atoms with Gasteiger partial charge in [0.25, 0.3) is 0 Å². The van der Waals surface area contributed by atoms with E-state index in [0.717, 1.165) is 38.2 Å². The number of aromatic amines is 1. The highest BCUT2D eigenvalue weighted by molar-refractivity contribution is 6.03. The number of carbonyl (C=O) groups excluding carboxylic acids is 1. The Bertz CT molecular complexity index is 1430. The van der Waals surface area contributed by atoms with Gasteiger partial charge in [-0.05, 0) is 49.4 Å². The number of nitrogens with zero attached hydrogens (tertiary/aromatic N) is 4. The van der Waals surface area contributed by atoms with E-state index in [9.17, 15) is 9.18 Å². The molecule has 178 valence electrons. The topological polar surface area (TPSA) is 86.4 Å². The minimum Gasteiger partial charge on any atom is -0.437 e. The number of H-pyrrole nitrogens is 1. The van der Waals surface area contributed by atoms with E-state index < -0.39 is 0 Å². The van der Waals surface area contributed by atoms with Gasteiger partial charge in [-0.3, -0.25) is 4.79 Å². The number of rotatable bonds is 5. The van der Waals surface area contributed by atoms with Gasteiger partial charge in [-0.25, -0.2) is 4.39 Å². The van der Waals surface area contributed by atoms with E-state index in [1.54, 1.807) is 18.3 Å². The quantitative estimate of drug-likeness (QED) is 0.442. The van der Waals surface area contributed by atoms with E-state index in [4.69, 9.17) is 4.74 Å². The summed E-state index contributed by atoms with van der Waals surface area (Å²) in [6, 6.07) is 12.5. The summed E-state index contributed by atoms with van der Waals surface area (Å²) in [7, 11) is 2.07. The monoisotopic (exact) mass is 472 g/mol. The zero-order valence-corrected chi connectivity index (χ0v) is 19.3. The van der Waals surface area contributed by atoms with Crippen molar-refractivity contribution < 1.29 is 13.9 Å². The number of ether oxygens (including phenoxy) is 1. The Morgan fingerprint density at radius 3 is 2.74 bits per heavy atom. The Hall–Kier alpha value is -3.98. The maximum absolute atomic E-state index is 15.0. The highest BCUT2D eigenvalue weighted by Gasteiger charge is 2.25. The minimum atomic E-state index is -0.296. The Kier molecular flexibility index (Phi) is 5.33. The van der Waals surface area contributed by atoms with Crippen LogP contribution in [0.3, 0.4) is 0 Å². The first-order valence-corrected chi connectivity index (χ1v) is 11.7. The number of anilines is 3. The Balaban J connectivity index is 1.28. The molecule has 2 aromatic heterocycles. The molecule has 0 spiro atoms. The molecule has 2 N–H and O–H groups in total. The molecule has 0 bridgehead atoms. The van der Waals surface area contributed by atoms with Gasteiger partial charge < -0.3 is 24.8 Å². The molecule has 6 rings (SSSR count). The number of fused-ring (bicyclic) bond motifs is 2. The number of hydrogen-bond donors (Lipinski definition) is 2. The van der Waals surface area contributed by atoms with Gasteiger partial charge in [-0.2, -0.15) is 9.97 Å². The average Bonchev–Trinajstić information content (AvgIpc) is 3.47. The molecular formula is C26H25FN6O2. The number of piperazine rings is 1. The molecule has 1 saturated heterocycles. The summed E-state index contributed by atoms with van der Waals surface area (Å²) in [5.41, 5.74) is 3.31. The van der Waals surface area contributed by atoms with Crippen molar-refractivity contribution in [3.63, 3.8) is 0 Å². The largest absolute Gasteiger partial charge is 0.437 e. The van der Waals surface area contributed by atoms with E-state index in [0.29, 0.717) is 46.0 Å². The lowest BCUT2D eigenvalue weighted by Crippen LogP contribution is -2.44. The van der Waals surface area contributed by atoms with Gasteiger partial charge in [0.05, 0.1) is 16.6 Å². The number of halogens is 1. The van der Waals surface area contributed by atoms with Crippen molar-refractivity contribution in [3.8, 4) is 11.6 Å². The van der Waals surface area contributed by atoms with Crippen LogP contribution in [-0.2, 0) is 6.42 Å². The van der Waals surface area contributed by atoms with Gasteiger partial charge in [0.1, 0.15) is 17.2 Å². The first kappa shape index (κ1) is 21.5. The second-order valence-corrected chi connectivity index (χ2v) is 8.99. The number of likely N-dealkylation sites (N-methyl/N-ethyl adjacent to an activating group) is 1. The third kappa shape index (κ3) is 4.08. The van der Waals surface area contributed by atoms with Gasteiger partial charge in [0.15, 0.2) is 5.78 Å². The number of aromatic nitrogens is 3. The molecular weight excluding hydrogens is 447 g/mol. The van der Waals surface area contributed by atoms with Crippen LogP contribution in [0.2, 0.25) is 0 Å². The van der Waals surface area contributed by atoms with E-state index in [-0.39, 0.29) is 17.5 Å². The summed E-state index contributed by atoms with van der Waals surface area (Å²) in [6.07, 6.45) is 2.96. The van der Waals surface area contributed by atoms with Crippen LogP contribution in [0.1, 0.15) is 22.3 Å². The van der Waals surface area contributed by atoms with Crippen molar-refractivity contribution in [1.29, 1.82) is 0 Å². The maximum Gasteiger partial charge on any atom is 0.233 e. The van der Waals surface area contributed by atoms with E-state index in [2.05, 4.69) is 37.1 Å². The second kappa shape index (κ2) is 8.66. The number of aryl methyl sites for hydroxylation is 1. The number of carbonyl (C=O) groups is 1. The first-order chi connectivity index (χ1) is 17.0. The van der Waals surface area contributed by atoms with Crippen LogP contribution in [0.4, 0.5) is 21.7 Å². The molecule has 1 fully saturated rings. The standard InChI is InChI=1S/C26H25FN6O2/c1-32-11-13-33(14-12-32)20-7-6-17(15-19(20)27)29-26-30-24-18(9-10-28-24)25(31-26)35-22-4-2-3-16-5-8-21(34)23(16)22/h2-4,6-7,9-10,15H,5,8,11-14H2,1H3,(H2,28,29,30,31). The Labute approximate surface area is 201 Å². The number of ketones is 1. The van der Waals surface area contributed by atoms with Crippen LogP contribution < -0.4 is 15.0 Å². The van der Waals surface area contributed by atoms with Crippen LogP contribution in [0, 0.1) is 5.82 Å². The smallest absolute Gasteiger partial charge is 0.233 e. The van der Waals surface area contributed by atoms with Crippen molar-refractivity contribution in [2.45, 2.75) is 12.8 Å². The van der Waals surface area contributed by atoms with Crippen molar-refractivity contribution in [2.24, 2.45) is 0 Å². The lowest BCUT2D eigenvalue weighted by Gasteiger charge is -2.34. The zero-order chi connectivity index (χ0) is 23.9. The molecule has 2 aliphatic rings. The van der Waals surface area contributed by atoms with Gasteiger partial charge in [-0.15, -0.1) is 0 Å². The van der Waals surface area contributed by atoms with Gasteiger partial charge in [-0.1, -0.05) is 12.1 Å². The van der Waals surface area contributed by atoms with Crippen LogP contribution >= 0.6 is 0 Å². The average molecular weight is 473 g/mol. The van der Waals surface area contributed by atoms with E-state index >= 15 is 0 Å². The Morgan fingerprint density at radius 1 is 1.06 bits per heavy atom. The SMILES string of the molecule is CN1CCN(c2ccc(Nc3nc(Oc4cccc5c4C(=O)CC5)c4cc[nH]c4n3)cc2F)CC1. The molecule has 3 heterocycles. The van der Waals surface area contributed by atoms with Crippen LogP contribution in [-0.4, -0.2) is 58.9 Å². The fraction of sp³-hybridized carbons (Fsp3) is 0.269. The number of hydrogen-bond acceptors (Lipinski definition) is 7. The Morgan fingerprint density at radius 2 is 1.91 bits per heavy atom. The summed E-state index contributed by atoms with van der Waals surface area (Å²) in [5.74, 6) is 0.848. The molecule has 8 nitrogen and oxygen atoms in total. The van der Waals surface area contributed by atoms with Crippen molar-refractivity contribution in [1.82, 2.24) is 19.9 Å². The minimum absolute atomic E-state index is 0.0734. The molecule has 1 aliphatic heterocycles. The predicted molar refractivity (Wildman–Crippen MR) is 132 cm³/mol. The highest BCUT2D eigenvalue weighted by Crippen LogP contribution is 2.36. The zero-order valence-electron chi connectivity index (χ0n) is 19.3. The van der Waals surface area contributed by atoms with Crippen molar-refractivity contribution in [2.75, 3.05) is 43.4 Å². The molecule has 2 aromatic carbocycles. The van der Waals surface area contributed by atoms with E-state index in [1.165, 1.54) is 6.07 Å². The number of Topliss-reactive ketones (excluding diaryl/α,β-unsaturated/α-hetero) is 1. The van der Waals surface area contributed by atoms with Crippen LogP contribution in [0.25, 0.3) is 11.0 Å². The molecule has 0 saturated carbocycles. The maximum atomic E-state index is 15.0. The fourth-order valence-electron chi connectivity index (χ4n) is 4.73. The van der Waals surface area contributed by atoms with Crippen LogP contribution in [0.15, 0.2) is 48.7 Å². The molecule has 0 amide bonds. The third-order valence-electron chi connectivity index (χ3n) is 6.65. The van der Waals surface area contributed by atoms with Crippen molar-refractivity contribution in [3.05, 3.63) is 65.6 Å². The normalized spacial score (nSPS) is 16.1. The first-order valence-electron chi connectivity index (χ1n) is 11.7. The predicted octanol–water partition coefficient (Wildman–Crippen LogP) is 4.51. The van der Waals surface area contributed by atoms with Crippen molar-refractivity contribution >= 4 is 34.1 Å². The van der Waals surface area contributed by atoms with Gasteiger partial charge >= 0.3 is 0 Å². The van der Waals surface area contributed by atoms with Crippen LogP contribution in [0.5, 0.6) is 11.6 Å². The molecule has 0 radical (unpaired) electrons. The summed E-state index contributed by atoms with van der Waals surface area (Å²) < 4.78 is 21.1. The number of benzene rings is 2.